The molecule has 0 aliphatic rings. The predicted octanol–water partition coefficient (Wildman–Crippen LogP) is 3.14. The number of benzene rings is 1. The molecule has 1 aromatic carbocycles. The van der Waals surface area contributed by atoms with Crippen molar-refractivity contribution in [3.8, 4) is 5.75 Å². The van der Waals surface area contributed by atoms with E-state index in [1.165, 1.54) is 0 Å². The summed E-state index contributed by atoms with van der Waals surface area (Å²) >= 11 is 0. The zero-order valence-corrected chi connectivity index (χ0v) is 14.3. The summed E-state index contributed by atoms with van der Waals surface area (Å²) < 4.78 is 44.3. The van der Waals surface area contributed by atoms with Crippen molar-refractivity contribution in [2.24, 2.45) is 0 Å². The van der Waals surface area contributed by atoms with Crippen LogP contribution < -0.4 is 15.6 Å². The lowest BCUT2D eigenvalue weighted by atomic mass is 10.1. The molecule has 0 bridgehead atoms. The zero-order valence-electron chi connectivity index (χ0n) is 14.3. The Bertz CT molecular complexity index is 814. The molecule has 140 valence electrons. The van der Waals surface area contributed by atoms with Crippen molar-refractivity contribution >= 4 is 5.91 Å². The Labute approximate surface area is 148 Å². The van der Waals surface area contributed by atoms with Crippen molar-refractivity contribution in [3.05, 3.63) is 64.1 Å². The van der Waals surface area contributed by atoms with E-state index in [4.69, 9.17) is 4.74 Å². The highest BCUT2D eigenvalue weighted by Crippen LogP contribution is 2.28. The fourth-order valence-electron chi connectivity index (χ4n) is 2.37. The molecule has 8 heteroatoms. The van der Waals surface area contributed by atoms with Gasteiger partial charge < -0.3 is 14.6 Å². The van der Waals surface area contributed by atoms with Crippen LogP contribution in [-0.4, -0.2) is 17.1 Å². The number of alkyl halides is 3. The maximum Gasteiger partial charge on any atom is 0.417 e. The lowest BCUT2D eigenvalue weighted by molar-refractivity contribution is -0.138. The fourth-order valence-corrected chi connectivity index (χ4v) is 2.37. The van der Waals surface area contributed by atoms with E-state index in [0.717, 1.165) is 16.2 Å². The van der Waals surface area contributed by atoms with Crippen molar-refractivity contribution in [2.75, 3.05) is 6.61 Å². The maximum absolute atomic E-state index is 12.7. The summed E-state index contributed by atoms with van der Waals surface area (Å²) in [6.45, 7) is 3.65. The minimum atomic E-state index is -4.58. The standard InChI is InChI=1S/C18H19F3N2O3/c1-3-26-15-7-4-13(5-8-15)12(2)22-16(24)11-23-10-14(18(19,20)21)6-9-17(23)25/h4-10,12H,3,11H2,1-2H3,(H,22,24). The molecule has 2 aromatic rings. The van der Waals surface area contributed by atoms with Gasteiger partial charge >= 0.3 is 6.18 Å². The van der Waals surface area contributed by atoms with E-state index in [2.05, 4.69) is 5.32 Å². The number of hydrogen-bond acceptors (Lipinski definition) is 3. The zero-order chi connectivity index (χ0) is 19.3. The summed E-state index contributed by atoms with van der Waals surface area (Å²) in [7, 11) is 0. The molecule has 1 unspecified atom stereocenters. The van der Waals surface area contributed by atoms with Gasteiger partial charge in [-0.3, -0.25) is 9.59 Å². The number of amides is 1. The number of nitrogens with one attached hydrogen (secondary N) is 1. The summed E-state index contributed by atoms with van der Waals surface area (Å²) in [4.78, 5) is 23.8. The molecule has 0 radical (unpaired) electrons. The van der Waals surface area contributed by atoms with Gasteiger partial charge in [0, 0.05) is 12.3 Å². The van der Waals surface area contributed by atoms with E-state index in [1.807, 2.05) is 6.92 Å². The Kier molecular flexibility index (Phi) is 6.07. The van der Waals surface area contributed by atoms with Crippen LogP contribution in [0.25, 0.3) is 0 Å². The number of rotatable bonds is 6. The van der Waals surface area contributed by atoms with Crippen molar-refractivity contribution in [1.29, 1.82) is 0 Å². The summed E-state index contributed by atoms with van der Waals surface area (Å²) in [5.41, 5.74) is -0.857. The number of nitrogens with zero attached hydrogens (tertiary/aromatic N) is 1. The van der Waals surface area contributed by atoms with Crippen molar-refractivity contribution in [2.45, 2.75) is 32.6 Å². The third-order valence-electron chi connectivity index (χ3n) is 3.69. The summed E-state index contributed by atoms with van der Waals surface area (Å²) in [6.07, 6.45) is -3.94. The van der Waals surface area contributed by atoms with Gasteiger partial charge in [-0.05, 0) is 37.6 Å². The second kappa shape index (κ2) is 8.07. The van der Waals surface area contributed by atoms with Gasteiger partial charge in [0.2, 0.25) is 5.91 Å². The van der Waals surface area contributed by atoms with Gasteiger partial charge in [-0.2, -0.15) is 13.2 Å². The SMILES string of the molecule is CCOc1ccc(C(C)NC(=O)Cn2cc(C(F)(F)F)ccc2=O)cc1. The minimum Gasteiger partial charge on any atom is -0.494 e. The van der Waals surface area contributed by atoms with Gasteiger partial charge in [0.25, 0.3) is 5.56 Å². The molecule has 1 N–H and O–H groups in total. The van der Waals surface area contributed by atoms with E-state index < -0.39 is 29.8 Å². The molecule has 0 saturated heterocycles. The van der Waals surface area contributed by atoms with Crippen LogP contribution in [0.1, 0.15) is 31.0 Å². The van der Waals surface area contributed by atoms with Crippen molar-refractivity contribution in [1.82, 2.24) is 9.88 Å². The van der Waals surface area contributed by atoms with Crippen LogP contribution in [0.3, 0.4) is 0 Å². The molecule has 1 amide bonds. The smallest absolute Gasteiger partial charge is 0.417 e. The first-order valence-electron chi connectivity index (χ1n) is 8.00. The Balaban J connectivity index is 2.05. The van der Waals surface area contributed by atoms with Crippen molar-refractivity contribution < 1.29 is 22.7 Å². The first-order chi connectivity index (χ1) is 12.2. The molecular formula is C18H19F3N2O3. The van der Waals surface area contributed by atoms with Gasteiger partial charge in [0.15, 0.2) is 0 Å². The maximum atomic E-state index is 12.7. The summed E-state index contributed by atoms with van der Waals surface area (Å²) in [6, 6.07) is 8.21. The molecule has 0 aliphatic heterocycles. The van der Waals surface area contributed by atoms with Crippen LogP contribution >= 0.6 is 0 Å². The Morgan fingerprint density at radius 3 is 2.42 bits per heavy atom. The molecule has 0 saturated carbocycles. The molecule has 0 aliphatic carbocycles. The number of carbonyl (C=O) groups excluding carboxylic acids is 1. The van der Waals surface area contributed by atoms with E-state index >= 15 is 0 Å². The Hall–Kier alpha value is -2.77. The number of carbonyl (C=O) groups is 1. The molecule has 0 fully saturated rings. The first kappa shape index (κ1) is 19.6. The summed E-state index contributed by atoms with van der Waals surface area (Å²) in [5, 5.41) is 2.66. The largest absolute Gasteiger partial charge is 0.494 e. The van der Waals surface area contributed by atoms with Crippen LogP contribution in [0.2, 0.25) is 0 Å². The number of halogens is 3. The predicted molar refractivity (Wildman–Crippen MR) is 89.9 cm³/mol. The van der Waals surface area contributed by atoms with Crippen LogP contribution in [0.15, 0.2) is 47.4 Å². The number of aromatic nitrogens is 1. The monoisotopic (exact) mass is 368 g/mol. The van der Waals surface area contributed by atoms with Crippen LogP contribution in [0.4, 0.5) is 13.2 Å². The Morgan fingerprint density at radius 1 is 1.19 bits per heavy atom. The topological polar surface area (TPSA) is 60.3 Å². The average Bonchev–Trinajstić information content (AvgIpc) is 2.56. The molecule has 26 heavy (non-hydrogen) atoms. The summed E-state index contributed by atoms with van der Waals surface area (Å²) in [5.74, 6) is 0.137. The third kappa shape index (κ3) is 5.11. The third-order valence-corrected chi connectivity index (χ3v) is 3.69. The first-order valence-corrected chi connectivity index (χ1v) is 8.00. The quantitative estimate of drug-likeness (QED) is 0.852. The van der Waals surface area contributed by atoms with Crippen LogP contribution in [0, 0.1) is 0 Å². The van der Waals surface area contributed by atoms with Crippen molar-refractivity contribution in [3.63, 3.8) is 0 Å². The second-order valence-electron chi connectivity index (χ2n) is 5.67. The highest BCUT2D eigenvalue weighted by atomic mass is 19.4. The van der Waals surface area contributed by atoms with Gasteiger partial charge in [-0.25, -0.2) is 0 Å². The molecular weight excluding hydrogens is 349 g/mol. The normalized spacial score (nSPS) is 12.5. The molecule has 5 nitrogen and oxygen atoms in total. The van der Waals surface area contributed by atoms with E-state index in [0.29, 0.717) is 24.6 Å². The molecule has 2 rings (SSSR count). The molecule has 0 spiro atoms. The van der Waals surface area contributed by atoms with E-state index in [9.17, 15) is 22.8 Å². The van der Waals surface area contributed by atoms with E-state index in [-0.39, 0.29) is 6.04 Å². The van der Waals surface area contributed by atoms with Crippen LogP contribution in [0.5, 0.6) is 5.75 Å². The highest BCUT2D eigenvalue weighted by molar-refractivity contribution is 5.76. The second-order valence-corrected chi connectivity index (χ2v) is 5.67. The number of hydrogen-bond donors (Lipinski definition) is 1. The van der Waals surface area contributed by atoms with Gasteiger partial charge in [0.05, 0.1) is 18.2 Å². The fraction of sp³-hybridized carbons (Fsp3) is 0.333. The highest BCUT2D eigenvalue weighted by Gasteiger charge is 2.31. The average molecular weight is 368 g/mol. The van der Waals surface area contributed by atoms with Crippen LogP contribution in [-0.2, 0) is 17.5 Å². The molecule has 1 aromatic heterocycles. The van der Waals surface area contributed by atoms with Gasteiger partial charge in [-0.1, -0.05) is 12.1 Å². The molecule has 1 heterocycles. The van der Waals surface area contributed by atoms with Gasteiger partial charge in [-0.15, -0.1) is 0 Å². The van der Waals surface area contributed by atoms with E-state index in [1.54, 1.807) is 31.2 Å². The number of ether oxygens (including phenoxy) is 1. The minimum absolute atomic E-state index is 0.375. The molecule has 1 atom stereocenters. The Morgan fingerprint density at radius 2 is 1.85 bits per heavy atom. The number of pyridine rings is 1. The lowest BCUT2D eigenvalue weighted by Gasteiger charge is -2.16. The van der Waals surface area contributed by atoms with Gasteiger partial charge in [0.1, 0.15) is 12.3 Å². The lowest BCUT2D eigenvalue weighted by Crippen LogP contribution is -2.34.